The molecule has 0 spiro atoms. The topological polar surface area (TPSA) is 46.5 Å². The number of phenolic OH excluding ortho intramolecular Hbond substituents is 1. The molecule has 3 aromatic rings. The Morgan fingerprint density at radius 2 is 1.45 bits per heavy atom. The summed E-state index contributed by atoms with van der Waals surface area (Å²) in [5.74, 6) is 2.96. The zero-order chi connectivity index (χ0) is 15.9. The van der Waals surface area contributed by atoms with E-state index >= 15 is 0 Å². The van der Waals surface area contributed by atoms with E-state index < -0.39 is 0 Å². The van der Waals surface area contributed by atoms with Crippen molar-refractivity contribution in [3.8, 4) is 5.75 Å². The van der Waals surface area contributed by atoms with Crippen LogP contribution in [0.15, 0.2) is 54.2 Å². The van der Waals surface area contributed by atoms with Crippen LogP contribution in [0.25, 0.3) is 0 Å². The van der Waals surface area contributed by atoms with E-state index in [9.17, 15) is 5.11 Å². The summed E-state index contributed by atoms with van der Waals surface area (Å²) in [6.07, 6.45) is 0. The number of rotatable bonds is 3. The van der Waals surface area contributed by atoms with Crippen molar-refractivity contribution in [1.82, 2.24) is 0 Å². The van der Waals surface area contributed by atoms with Gasteiger partial charge in [0.2, 0.25) is 0 Å². The molecule has 3 nitrogen and oxygen atoms in total. The Bertz CT molecular complexity index is 777. The van der Waals surface area contributed by atoms with Gasteiger partial charge in [0, 0.05) is 10.0 Å². The smallest absolute Gasteiger partial charge is 0.134 e. The van der Waals surface area contributed by atoms with Gasteiger partial charge in [0.25, 0.3) is 0 Å². The van der Waals surface area contributed by atoms with Gasteiger partial charge in [-0.3, -0.25) is 0 Å². The predicted octanol–water partition coefficient (Wildman–Crippen LogP) is 5.90. The Morgan fingerprint density at radius 1 is 0.909 bits per heavy atom. The van der Waals surface area contributed by atoms with Crippen LogP contribution >= 0.6 is 31.9 Å². The van der Waals surface area contributed by atoms with Gasteiger partial charge >= 0.3 is 0 Å². The third kappa shape index (κ3) is 2.88. The van der Waals surface area contributed by atoms with E-state index in [0.717, 1.165) is 27.5 Å². The van der Waals surface area contributed by atoms with E-state index in [-0.39, 0.29) is 11.7 Å². The van der Waals surface area contributed by atoms with Gasteiger partial charge in [-0.2, -0.15) is 0 Å². The molecule has 1 aromatic carbocycles. The van der Waals surface area contributed by atoms with Crippen LogP contribution in [0.3, 0.4) is 0 Å². The lowest BCUT2D eigenvalue weighted by Gasteiger charge is -2.16. The zero-order valence-corrected chi connectivity index (χ0v) is 15.2. The van der Waals surface area contributed by atoms with Crippen LogP contribution in [0.2, 0.25) is 0 Å². The second-order valence-electron chi connectivity index (χ2n) is 5.16. The average Bonchev–Trinajstić information content (AvgIpc) is 3.05. The monoisotopic (exact) mass is 424 g/mol. The predicted molar refractivity (Wildman–Crippen MR) is 91.3 cm³/mol. The van der Waals surface area contributed by atoms with Gasteiger partial charge in [-0.25, -0.2) is 0 Å². The second kappa shape index (κ2) is 5.97. The highest BCUT2D eigenvalue weighted by molar-refractivity contribution is 9.11. The summed E-state index contributed by atoms with van der Waals surface area (Å²) in [4.78, 5) is 0. The minimum atomic E-state index is -0.309. The maximum absolute atomic E-state index is 10.5. The van der Waals surface area contributed by atoms with Crippen molar-refractivity contribution in [2.24, 2.45) is 0 Å². The van der Waals surface area contributed by atoms with Gasteiger partial charge in [-0.05, 0) is 66.2 Å². The Morgan fingerprint density at radius 3 is 1.91 bits per heavy atom. The SMILES string of the molecule is Cc1ccc(C(c2ccc(C)o2)c2cc(Br)cc(Br)c2O)o1. The number of phenols is 1. The summed E-state index contributed by atoms with van der Waals surface area (Å²) in [7, 11) is 0. The van der Waals surface area contributed by atoms with Crippen molar-refractivity contribution in [3.05, 3.63) is 73.9 Å². The summed E-state index contributed by atoms with van der Waals surface area (Å²) in [6, 6.07) is 11.3. The first-order valence-corrected chi connectivity index (χ1v) is 8.35. The lowest BCUT2D eigenvalue weighted by atomic mass is 9.93. The van der Waals surface area contributed by atoms with Crippen molar-refractivity contribution in [1.29, 1.82) is 0 Å². The van der Waals surface area contributed by atoms with E-state index in [1.165, 1.54) is 0 Å². The van der Waals surface area contributed by atoms with Gasteiger partial charge in [-0.1, -0.05) is 15.9 Å². The van der Waals surface area contributed by atoms with E-state index in [1.54, 1.807) is 6.07 Å². The summed E-state index contributed by atoms with van der Waals surface area (Å²) >= 11 is 6.85. The molecule has 3 rings (SSSR count). The summed E-state index contributed by atoms with van der Waals surface area (Å²) < 4.78 is 13.1. The molecule has 0 radical (unpaired) electrons. The minimum absolute atomic E-state index is 0.177. The molecule has 0 saturated carbocycles. The molecule has 22 heavy (non-hydrogen) atoms. The number of aryl methyl sites for hydroxylation is 2. The van der Waals surface area contributed by atoms with Crippen LogP contribution in [-0.4, -0.2) is 5.11 Å². The number of halogens is 2. The van der Waals surface area contributed by atoms with E-state index in [2.05, 4.69) is 31.9 Å². The Labute approximate surface area is 145 Å². The molecule has 0 atom stereocenters. The fourth-order valence-electron chi connectivity index (χ4n) is 2.47. The Kier molecular flexibility index (Phi) is 4.19. The molecule has 1 N–H and O–H groups in total. The highest BCUT2D eigenvalue weighted by atomic mass is 79.9. The Balaban J connectivity index is 2.22. The fraction of sp³-hybridized carbons (Fsp3) is 0.176. The van der Waals surface area contributed by atoms with Crippen LogP contribution in [0.1, 0.15) is 34.5 Å². The first kappa shape index (κ1) is 15.4. The molecule has 0 fully saturated rings. The van der Waals surface area contributed by atoms with Gasteiger partial charge in [0.15, 0.2) is 0 Å². The average molecular weight is 426 g/mol. The minimum Gasteiger partial charge on any atom is -0.506 e. The first-order chi connectivity index (χ1) is 10.5. The quantitative estimate of drug-likeness (QED) is 0.568. The van der Waals surface area contributed by atoms with E-state index in [4.69, 9.17) is 8.83 Å². The number of benzene rings is 1. The van der Waals surface area contributed by atoms with E-state index in [1.807, 2.05) is 44.2 Å². The van der Waals surface area contributed by atoms with Crippen LogP contribution in [0, 0.1) is 13.8 Å². The standard InChI is InChI=1S/C17H14Br2O3/c1-9-3-5-14(21-9)16(15-6-4-10(2)22-15)12-7-11(18)8-13(19)17(12)20/h3-8,16,20H,1-2H3. The molecular weight excluding hydrogens is 412 g/mol. The van der Waals surface area contributed by atoms with Crippen LogP contribution in [0.5, 0.6) is 5.75 Å². The third-order valence-corrected chi connectivity index (χ3v) is 4.52. The number of hydrogen-bond donors (Lipinski definition) is 1. The van der Waals surface area contributed by atoms with Crippen LogP contribution in [0.4, 0.5) is 0 Å². The number of hydrogen-bond acceptors (Lipinski definition) is 3. The third-order valence-electron chi connectivity index (χ3n) is 3.46. The summed E-state index contributed by atoms with van der Waals surface area (Å²) in [6.45, 7) is 3.79. The largest absolute Gasteiger partial charge is 0.506 e. The molecule has 0 aliphatic carbocycles. The van der Waals surface area contributed by atoms with Crippen molar-refractivity contribution in [2.75, 3.05) is 0 Å². The van der Waals surface area contributed by atoms with Gasteiger partial charge < -0.3 is 13.9 Å². The van der Waals surface area contributed by atoms with Crippen LogP contribution in [-0.2, 0) is 0 Å². The molecular formula is C17H14Br2O3. The molecule has 114 valence electrons. The molecule has 2 aromatic heterocycles. The normalized spacial score (nSPS) is 11.3. The van der Waals surface area contributed by atoms with Gasteiger partial charge in [0.05, 0.1) is 4.47 Å². The summed E-state index contributed by atoms with van der Waals surface area (Å²) in [5.41, 5.74) is 0.713. The molecule has 5 heteroatoms. The maximum atomic E-state index is 10.5. The highest BCUT2D eigenvalue weighted by Gasteiger charge is 2.27. The molecule has 0 aliphatic rings. The molecule has 0 amide bonds. The molecule has 0 unspecified atom stereocenters. The number of furan rings is 2. The lowest BCUT2D eigenvalue weighted by molar-refractivity contribution is 0.414. The second-order valence-corrected chi connectivity index (χ2v) is 6.93. The molecule has 0 aliphatic heterocycles. The van der Waals surface area contributed by atoms with Crippen LogP contribution < -0.4 is 0 Å². The van der Waals surface area contributed by atoms with Crippen molar-refractivity contribution >= 4 is 31.9 Å². The van der Waals surface area contributed by atoms with Crippen molar-refractivity contribution in [2.45, 2.75) is 19.8 Å². The molecule has 2 heterocycles. The zero-order valence-electron chi connectivity index (χ0n) is 12.1. The highest BCUT2D eigenvalue weighted by Crippen LogP contribution is 2.42. The lowest BCUT2D eigenvalue weighted by Crippen LogP contribution is -2.02. The molecule has 0 bridgehead atoms. The van der Waals surface area contributed by atoms with Gasteiger partial charge in [0.1, 0.15) is 34.7 Å². The van der Waals surface area contributed by atoms with Crippen molar-refractivity contribution < 1.29 is 13.9 Å². The summed E-state index contributed by atoms with van der Waals surface area (Å²) in [5, 5.41) is 10.5. The molecule has 0 saturated heterocycles. The van der Waals surface area contributed by atoms with E-state index in [0.29, 0.717) is 10.0 Å². The Hall–Kier alpha value is -1.46. The number of aromatic hydroxyl groups is 1. The first-order valence-electron chi connectivity index (χ1n) is 6.76. The van der Waals surface area contributed by atoms with Gasteiger partial charge in [-0.15, -0.1) is 0 Å². The fourth-order valence-corrected chi connectivity index (χ4v) is 3.73. The van der Waals surface area contributed by atoms with Crippen molar-refractivity contribution in [3.63, 3.8) is 0 Å². The maximum Gasteiger partial charge on any atom is 0.134 e.